The Hall–Kier alpha value is -4.01. The lowest BCUT2D eigenvalue weighted by Gasteiger charge is -2.08. The minimum Gasteiger partial charge on any atom is -0.347 e. The van der Waals surface area contributed by atoms with Gasteiger partial charge < -0.3 is 14.8 Å². The minimum atomic E-state index is -0.336. The second kappa shape index (κ2) is 8.78. The molecular formula is C22H23N7O2. The van der Waals surface area contributed by atoms with Crippen LogP contribution in [0.2, 0.25) is 0 Å². The fourth-order valence-corrected chi connectivity index (χ4v) is 3.13. The van der Waals surface area contributed by atoms with Crippen LogP contribution in [0, 0.1) is 0 Å². The molecule has 0 unspecified atom stereocenters. The topological polar surface area (TPSA) is 97.9 Å². The lowest BCUT2D eigenvalue weighted by Crippen LogP contribution is -2.26. The molecule has 9 nitrogen and oxygen atoms in total. The van der Waals surface area contributed by atoms with Crippen LogP contribution in [-0.2, 0) is 24.4 Å². The summed E-state index contributed by atoms with van der Waals surface area (Å²) in [5.74, 6) is -0.460. The number of carbonyl (C=O) groups excluding carboxylic acids is 2. The molecule has 2 aromatic carbocycles. The van der Waals surface area contributed by atoms with E-state index in [0.717, 1.165) is 28.7 Å². The maximum Gasteiger partial charge on any atom is 0.273 e. The lowest BCUT2D eigenvalue weighted by atomic mass is 10.1. The highest BCUT2D eigenvalue weighted by Gasteiger charge is 2.13. The van der Waals surface area contributed by atoms with E-state index in [0.29, 0.717) is 6.54 Å². The van der Waals surface area contributed by atoms with Gasteiger partial charge in [0.25, 0.3) is 5.91 Å². The number of likely N-dealkylation sites (N-methyl/N-ethyl adjacent to an activating group) is 1. The van der Waals surface area contributed by atoms with Crippen molar-refractivity contribution in [3.63, 3.8) is 0 Å². The molecular weight excluding hydrogens is 394 g/mol. The number of amides is 2. The standard InChI is InChI=1S/C22H23N7O2/c1-27(2)21(30)14-29-13-19(25-26-29)22(31)23-11-16-7-9-17(10-8-16)12-28-15-24-18-5-3-4-6-20(18)28/h3-10,13,15H,11-12,14H2,1-2H3,(H,23,31). The summed E-state index contributed by atoms with van der Waals surface area (Å²) in [6.07, 6.45) is 3.31. The predicted molar refractivity (Wildman–Crippen MR) is 115 cm³/mol. The van der Waals surface area contributed by atoms with Crippen molar-refractivity contribution in [2.75, 3.05) is 14.1 Å². The maximum atomic E-state index is 12.3. The van der Waals surface area contributed by atoms with Gasteiger partial charge in [-0.05, 0) is 23.3 Å². The van der Waals surface area contributed by atoms with Gasteiger partial charge in [0.1, 0.15) is 6.54 Å². The molecule has 0 aliphatic heterocycles. The van der Waals surface area contributed by atoms with Crippen LogP contribution in [0.25, 0.3) is 11.0 Å². The van der Waals surface area contributed by atoms with E-state index in [9.17, 15) is 9.59 Å². The highest BCUT2D eigenvalue weighted by Crippen LogP contribution is 2.14. The van der Waals surface area contributed by atoms with Crippen molar-refractivity contribution in [3.05, 3.63) is 77.9 Å². The average Bonchev–Trinajstić information content (AvgIpc) is 3.40. The van der Waals surface area contributed by atoms with Gasteiger partial charge in [-0.25, -0.2) is 9.67 Å². The molecule has 2 aromatic heterocycles. The van der Waals surface area contributed by atoms with Crippen molar-refractivity contribution < 1.29 is 9.59 Å². The van der Waals surface area contributed by atoms with Gasteiger partial charge in [0.15, 0.2) is 5.69 Å². The zero-order valence-electron chi connectivity index (χ0n) is 17.4. The number of carbonyl (C=O) groups is 2. The fourth-order valence-electron chi connectivity index (χ4n) is 3.13. The van der Waals surface area contributed by atoms with E-state index in [1.807, 2.05) is 48.8 Å². The highest BCUT2D eigenvalue weighted by atomic mass is 16.2. The van der Waals surface area contributed by atoms with Gasteiger partial charge in [-0.1, -0.05) is 41.6 Å². The highest BCUT2D eigenvalue weighted by molar-refractivity contribution is 5.91. The molecule has 9 heteroatoms. The molecule has 4 rings (SSSR count). The van der Waals surface area contributed by atoms with Crippen LogP contribution in [-0.4, -0.2) is 55.4 Å². The first-order valence-electron chi connectivity index (χ1n) is 9.86. The molecule has 0 bridgehead atoms. The monoisotopic (exact) mass is 417 g/mol. The second-order valence-electron chi connectivity index (χ2n) is 7.45. The number of fused-ring (bicyclic) bond motifs is 1. The molecule has 158 valence electrons. The van der Waals surface area contributed by atoms with Gasteiger partial charge in [-0.15, -0.1) is 5.10 Å². The summed E-state index contributed by atoms with van der Waals surface area (Å²) in [4.78, 5) is 29.9. The molecule has 2 amide bonds. The Bertz CT molecular complexity index is 1210. The summed E-state index contributed by atoms with van der Waals surface area (Å²) in [7, 11) is 3.32. The Morgan fingerprint density at radius 3 is 2.55 bits per heavy atom. The lowest BCUT2D eigenvalue weighted by molar-refractivity contribution is -0.129. The first-order chi connectivity index (χ1) is 15.0. The van der Waals surface area contributed by atoms with Crippen molar-refractivity contribution in [2.45, 2.75) is 19.6 Å². The summed E-state index contributed by atoms with van der Waals surface area (Å²) < 4.78 is 3.46. The summed E-state index contributed by atoms with van der Waals surface area (Å²) in [6, 6.07) is 16.1. The molecule has 0 aliphatic rings. The Morgan fingerprint density at radius 1 is 1.03 bits per heavy atom. The zero-order valence-corrected chi connectivity index (χ0v) is 17.4. The van der Waals surface area contributed by atoms with E-state index in [-0.39, 0.29) is 24.1 Å². The van der Waals surface area contributed by atoms with Crippen LogP contribution in [0.3, 0.4) is 0 Å². The smallest absolute Gasteiger partial charge is 0.273 e. The summed E-state index contributed by atoms with van der Waals surface area (Å²) in [5.41, 5.74) is 4.37. The maximum absolute atomic E-state index is 12.3. The molecule has 1 N–H and O–H groups in total. The van der Waals surface area contributed by atoms with Crippen molar-refractivity contribution in [1.29, 1.82) is 0 Å². The number of rotatable bonds is 7. The number of imidazole rings is 1. The van der Waals surface area contributed by atoms with Gasteiger partial charge in [-0.2, -0.15) is 0 Å². The molecule has 0 atom stereocenters. The van der Waals surface area contributed by atoms with Gasteiger partial charge >= 0.3 is 0 Å². The third-order valence-corrected chi connectivity index (χ3v) is 4.92. The van der Waals surface area contributed by atoms with Crippen LogP contribution in [0.1, 0.15) is 21.6 Å². The van der Waals surface area contributed by atoms with Crippen molar-refractivity contribution >= 4 is 22.8 Å². The van der Waals surface area contributed by atoms with Crippen LogP contribution < -0.4 is 5.32 Å². The molecule has 0 radical (unpaired) electrons. The largest absolute Gasteiger partial charge is 0.347 e. The predicted octanol–water partition coefficient (Wildman–Crippen LogP) is 1.69. The number of aromatic nitrogens is 5. The third kappa shape index (κ3) is 4.77. The molecule has 31 heavy (non-hydrogen) atoms. The van der Waals surface area contributed by atoms with Crippen LogP contribution in [0.5, 0.6) is 0 Å². The molecule has 0 fully saturated rings. The van der Waals surface area contributed by atoms with E-state index in [1.165, 1.54) is 15.8 Å². The number of nitrogens with one attached hydrogen (secondary N) is 1. The first-order valence-corrected chi connectivity index (χ1v) is 9.86. The first kappa shape index (κ1) is 20.3. The average molecular weight is 417 g/mol. The quantitative estimate of drug-likeness (QED) is 0.494. The molecule has 0 saturated carbocycles. The van der Waals surface area contributed by atoms with Crippen molar-refractivity contribution in [3.8, 4) is 0 Å². The number of hydrogen-bond donors (Lipinski definition) is 1. The zero-order chi connectivity index (χ0) is 21.8. The number of hydrogen-bond acceptors (Lipinski definition) is 5. The second-order valence-corrected chi connectivity index (χ2v) is 7.45. The number of benzene rings is 2. The number of nitrogens with zero attached hydrogens (tertiary/aromatic N) is 6. The van der Waals surface area contributed by atoms with Gasteiger partial charge in [0, 0.05) is 27.2 Å². The normalized spacial score (nSPS) is 10.9. The SMILES string of the molecule is CN(C)C(=O)Cn1cc(C(=O)NCc2ccc(Cn3cnc4ccccc43)cc2)nn1. The number of para-hydroxylation sites is 2. The fraction of sp³-hybridized carbons (Fsp3) is 0.227. The van der Waals surface area contributed by atoms with Crippen LogP contribution in [0.15, 0.2) is 61.1 Å². The Morgan fingerprint density at radius 2 is 1.77 bits per heavy atom. The minimum absolute atomic E-state index is 0.0426. The van der Waals surface area contributed by atoms with Crippen LogP contribution >= 0.6 is 0 Å². The summed E-state index contributed by atoms with van der Waals surface area (Å²) >= 11 is 0. The van der Waals surface area contributed by atoms with Crippen LogP contribution in [0.4, 0.5) is 0 Å². The molecule has 0 aliphatic carbocycles. The van der Waals surface area contributed by atoms with E-state index in [2.05, 4.69) is 31.2 Å². The Labute approximate surface area is 179 Å². The van der Waals surface area contributed by atoms with E-state index < -0.39 is 0 Å². The van der Waals surface area contributed by atoms with E-state index in [4.69, 9.17) is 0 Å². The molecule has 0 saturated heterocycles. The Kier molecular flexibility index (Phi) is 5.74. The van der Waals surface area contributed by atoms with Crippen molar-refractivity contribution in [1.82, 2.24) is 34.8 Å². The molecule has 4 aromatic rings. The third-order valence-electron chi connectivity index (χ3n) is 4.92. The summed E-state index contributed by atoms with van der Waals surface area (Å²) in [6.45, 7) is 1.14. The summed E-state index contributed by atoms with van der Waals surface area (Å²) in [5, 5.41) is 10.5. The van der Waals surface area contributed by atoms with E-state index >= 15 is 0 Å². The molecule has 2 heterocycles. The van der Waals surface area contributed by atoms with Gasteiger partial charge in [0.2, 0.25) is 5.91 Å². The van der Waals surface area contributed by atoms with Gasteiger partial charge in [-0.3, -0.25) is 9.59 Å². The van der Waals surface area contributed by atoms with E-state index in [1.54, 1.807) is 14.1 Å². The molecule has 0 spiro atoms. The Balaban J connectivity index is 1.33. The van der Waals surface area contributed by atoms with Gasteiger partial charge in [0.05, 0.1) is 23.6 Å². The van der Waals surface area contributed by atoms with Crippen molar-refractivity contribution in [2.24, 2.45) is 0 Å².